The van der Waals surface area contributed by atoms with Gasteiger partial charge in [0, 0.05) is 19.8 Å². The molecular formula is C16H23N5. The minimum absolute atomic E-state index is 0.639. The van der Waals surface area contributed by atoms with E-state index >= 15 is 0 Å². The molecule has 0 unspecified atom stereocenters. The summed E-state index contributed by atoms with van der Waals surface area (Å²) in [6.07, 6.45) is 8.51. The van der Waals surface area contributed by atoms with Crippen molar-refractivity contribution >= 4 is 22.6 Å². The molecule has 0 spiro atoms. The first kappa shape index (κ1) is 14.0. The molecule has 0 radical (unpaired) electrons. The molecule has 2 heterocycles. The van der Waals surface area contributed by atoms with Gasteiger partial charge < -0.3 is 5.32 Å². The molecule has 2 aromatic rings. The van der Waals surface area contributed by atoms with Gasteiger partial charge in [-0.1, -0.05) is 25.8 Å². The average molecular weight is 285 g/mol. The lowest BCUT2D eigenvalue weighted by Crippen LogP contribution is -2.15. The van der Waals surface area contributed by atoms with Crippen LogP contribution in [-0.2, 0) is 6.54 Å². The van der Waals surface area contributed by atoms with Gasteiger partial charge >= 0.3 is 0 Å². The number of aromatic nitrogens is 4. The van der Waals surface area contributed by atoms with Gasteiger partial charge in [-0.05, 0) is 31.3 Å². The molecule has 1 aliphatic carbocycles. The van der Waals surface area contributed by atoms with Crippen LogP contribution in [0.4, 0.5) is 5.95 Å². The van der Waals surface area contributed by atoms with Crippen molar-refractivity contribution < 1.29 is 0 Å². The van der Waals surface area contributed by atoms with Gasteiger partial charge in [0.25, 0.3) is 0 Å². The largest absolute Gasteiger partial charge is 0.357 e. The number of rotatable bonds is 4. The highest BCUT2D eigenvalue weighted by atomic mass is 15.3. The van der Waals surface area contributed by atoms with Gasteiger partial charge in [-0.3, -0.25) is 0 Å². The normalized spacial score (nSPS) is 16.3. The highest BCUT2D eigenvalue weighted by Crippen LogP contribution is 2.28. The highest BCUT2D eigenvalue weighted by molar-refractivity contribution is 5.87. The lowest BCUT2D eigenvalue weighted by atomic mass is 9.89. The molecule has 0 aromatic carbocycles. The SMILES string of the molecule is C=C(C)c1nn(CC2CCCCC2)c2nc(NC)ncc12. The van der Waals surface area contributed by atoms with E-state index in [0.29, 0.717) is 11.9 Å². The number of fused-ring (bicyclic) bond motifs is 1. The molecule has 0 saturated heterocycles. The zero-order valence-electron chi connectivity index (χ0n) is 12.9. The topological polar surface area (TPSA) is 55.6 Å². The highest BCUT2D eigenvalue weighted by Gasteiger charge is 2.19. The van der Waals surface area contributed by atoms with Crippen molar-refractivity contribution in [2.24, 2.45) is 5.92 Å². The van der Waals surface area contributed by atoms with E-state index in [0.717, 1.165) is 28.8 Å². The van der Waals surface area contributed by atoms with Crippen LogP contribution in [0.1, 0.15) is 44.7 Å². The van der Waals surface area contributed by atoms with Crippen LogP contribution in [-0.4, -0.2) is 26.8 Å². The second kappa shape index (κ2) is 5.84. The van der Waals surface area contributed by atoms with Crippen LogP contribution in [0.2, 0.25) is 0 Å². The third kappa shape index (κ3) is 2.77. The van der Waals surface area contributed by atoms with Gasteiger partial charge in [-0.25, -0.2) is 9.67 Å². The first-order valence-electron chi connectivity index (χ1n) is 7.76. The van der Waals surface area contributed by atoms with Crippen molar-refractivity contribution in [2.75, 3.05) is 12.4 Å². The Morgan fingerprint density at radius 3 is 2.81 bits per heavy atom. The summed E-state index contributed by atoms with van der Waals surface area (Å²) in [7, 11) is 1.84. The monoisotopic (exact) mass is 285 g/mol. The van der Waals surface area contributed by atoms with Crippen LogP contribution in [0.3, 0.4) is 0 Å². The van der Waals surface area contributed by atoms with E-state index in [-0.39, 0.29) is 0 Å². The molecule has 0 bridgehead atoms. The lowest BCUT2D eigenvalue weighted by Gasteiger charge is -2.21. The van der Waals surface area contributed by atoms with Gasteiger partial charge in [0.05, 0.1) is 11.1 Å². The Morgan fingerprint density at radius 2 is 2.14 bits per heavy atom. The summed E-state index contributed by atoms with van der Waals surface area (Å²) < 4.78 is 2.05. The second-order valence-corrected chi connectivity index (χ2v) is 6.00. The number of allylic oxidation sites excluding steroid dienone is 1. The summed E-state index contributed by atoms with van der Waals surface area (Å²) in [6.45, 7) is 6.96. The number of nitrogens with zero attached hydrogens (tertiary/aromatic N) is 4. The van der Waals surface area contributed by atoms with E-state index < -0.39 is 0 Å². The summed E-state index contributed by atoms with van der Waals surface area (Å²) >= 11 is 0. The van der Waals surface area contributed by atoms with Crippen LogP contribution in [0, 0.1) is 5.92 Å². The molecule has 2 aromatic heterocycles. The van der Waals surface area contributed by atoms with Crippen molar-refractivity contribution in [3.05, 3.63) is 18.5 Å². The molecule has 0 aliphatic heterocycles. The van der Waals surface area contributed by atoms with E-state index in [1.807, 2.05) is 20.2 Å². The van der Waals surface area contributed by atoms with Crippen molar-refractivity contribution in [2.45, 2.75) is 45.6 Å². The van der Waals surface area contributed by atoms with Crippen LogP contribution in [0.5, 0.6) is 0 Å². The number of nitrogens with one attached hydrogen (secondary N) is 1. The van der Waals surface area contributed by atoms with E-state index in [2.05, 4.69) is 26.5 Å². The van der Waals surface area contributed by atoms with Crippen molar-refractivity contribution in [3.63, 3.8) is 0 Å². The van der Waals surface area contributed by atoms with E-state index in [9.17, 15) is 0 Å². The minimum Gasteiger partial charge on any atom is -0.357 e. The number of hydrogen-bond donors (Lipinski definition) is 1. The molecular weight excluding hydrogens is 262 g/mol. The molecule has 1 saturated carbocycles. The lowest BCUT2D eigenvalue weighted by molar-refractivity contribution is 0.311. The smallest absolute Gasteiger partial charge is 0.224 e. The molecule has 1 N–H and O–H groups in total. The van der Waals surface area contributed by atoms with E-state index in [4.69, 9.17) is 5.10 Å². The molecule has 21 heavy (non-hydrogen) atoms. The Balaban J connectivity index is 2.00. The molecule has 1 aliphatic rings. The zero-order chi connectivity index (χ0) is 14.8. The first-order chi connectivity index (χ1) is 10.2. The molecule has 5 nitrogen and oxygen atoms in total. The summed E-state index contributed by atoms with van der Waals surface area (Å²) in [6, 6.07) is 0. The van der Waals surface area contributed by atoms with Gasteiger partial charge in [-0.15, -0.1) is 0 Å². The second-order valence-electron chi connectivity index (χ2n) is 6.00. The Labute approximate surface area is 125 Å². The fourth-order valence-electron chi connectivity index (χ4n) is 3.14. The minimum atomic E-state index is 0.639. The zero-order valence-corrected chi connectivity index (χ0v) is 12.9. The summed E-state index contributed by atoms with van der Waals surface area (Å²) in [5, 5.41) is 8.75. The predicted molar refractivity (Wildman–Crippen MR) is 86.2 cm³/mol. The molecule has 3 rings (SSSR count). The Hall–Kier alpha value is -1.91. The molecule has 5 heteroatoms. The first-order valence-corrected chi connectivity index (χ1v) is 7.76. The standard InChI is InChI=1S/C16H23N5/c1-11(2)14-13-9-18-16(17-3)19-15(13)21(20-14)10-12-7-5-4-6-8-12/h9,12H,1,4-8,10H2,2-3H3,(H,17,18,19). The van der Waals surface area contributed by atoms with E-state index in [1.54, 1.807) is 0 Å². The third-order valence-electron chi connectivity index (χ3n) is 4.27. The van der Waals surface area contributed by atoms with Crippen molar-refractivity contribution in [1.29, 1.82) is 0 Å². The van der Waals surface area contributed by atoms with Crippen LogP contribution < -0.4 is 5.32 Å². The molecule has 1 fully saturated rings. The van der Waals surface area contributed by atoms with Crippen LogP contribution >= 0.6 is 0 Å². The number of hydrogen-bond acceptors (Lipinski definition) is 4. The average Bonchev–Trinajstić information content (AvgIpc) is 2.86. The Kier molecular flexibility index (Phi) is 3.90. The fraction of sp³-hybridized carbons (Fsp3) is 0.562. The van der Waals surface area contributed by atoms with Crippen LogP contribution in [0.15, 0.2) is 12.8 Å². The van der Waals surface area contributed by atoms with Crippen molar-refractivity contribution in [3.8, 4) is 0 Å². The maximum absolute atomic E-state index is 4.75. The van der Waals surface area contributed by atoms with Gasteiger partial charge in [0.15, 0.2) is 5.65 Å². The molecule has 112 valence electrons. The third-order valence-corrected chi connectivity index (χ3v) is 4.27. The molecule has 0 atom stereocenters. The predicted octanol–water partition coefficient (Wildman–Crippen LogP) is 3.48. The van der Waals surface area contributed by atoms with Crippen LogP contribution in [0.25, 0.3) is 16.6 Å². The summed E-state index contributed by atoms with van der Waals surface area (Å²) in [4.78, 5) is 8.91. The quantitative estimate of drug-likeness (QED) is 0.934. The van der Waals surface area contributed by atoms with Gasteiger partial charge in [0.2, 0.25) is 5.95 Å². The summed E-state index contributed by atoms with van der Waals surface area (Å²) in [5.74, 6) is 1.35. The van der Waals surface area contributed by atoms with Gasteiger partial charge in [-0.2, -0.15) is 10.1 Å². The Morgan fingerprint density at radius 1 is 1.38 bits per heavy atom. The van der Waals surface area contributed by atoms with Gasteiger partial charge in [0.1, 0.15) is 0 Å². The number of anilines is 1. The van der Waals surface area contributed by atoms with Crippen molar-refractivity contribution in [1.82, 2.24) is 19.7 Å². The Bertz CT molecular complexity index is 652. The maximum Gasteiger partial charge on any atom is 0.224 e. The van der Waals surface area contributed by atoms with E-state index in [1.165, 1.54) is 32.1 Å². The summed E-state index contributed by atoms with van der Waals surface area (Å²) in [5.41, 5.74) is 2.80. The fourth-order valence-corrected chi connectivity index (χ4v) is 3.14. The molecule has 0 amide bonds. The maximum atomic E-state index is 4.75.